The van der Waals surface area contributed by atoms with Crippen LogP contribution < -0.4 is 15.0 Å². The van der Waals surface area contributed by atoms with E-state index < -0.39 is 47.3 Å². The number of hydrogen-bond donors (Lipinski definition) is 1. The number of fused-ring (bicyclic) bond motifs is 1. The van der Waals surface area contributed by atoms with Crippen LogP contribution in [0.4, 0.5) is 33.7 Å². The van der Waals surface area contributed by atoms with E-state index in [4.69, 9.17) is 9.15 Å². The summed E-state index contributed by atoms with van der Waals surface area (Å²) in [5.74, 6) is -3.05. The van der Waals surface area contributed by atoms with E-state index in [-0.39, 0.29) is 23.2 Å². The minimum absolute atomic E-state index is 0.0485. The highest BCUT2D eigenvalue weighted by molar-refractivity contribution is 6.03. The number of nitrogens with zero attached hydrogens (tertiary/aromatic N) is 2. The molecule has 2 unspecified atom stereocenters. The Hall–Kier alpha value is -2.85. The Morgan fingerprint density at radius 3 is 2.36 bits per heavy atom. The molecule has 0 radical (unpaired) electrons. The van der Waals surface area contributed by atoms with E-state index in [1.54, 1.807) is 4.90 Å². The largest absolute Gasteiger partial charge is 0.484 e. The number of amides is 1. The number of oxazole rings is 1. The van der Waals surface area contributed by atoms with Crippen LogP contribution >= 0.6 is 0 Å². The minimum Gasteiger partial charge on any atom is -0.484 e. The Kier molecular flexibility index (Phi) is 5.46. The topological polar surface area (TPSA) is 67.6 Å². The van der Waals surface area contributed by atoms with E-state index in [9.17, 15) is 26.7 Å². The maximum Gasteiger partial charge on any atom is 0.396 e. The zero-order valence-corrected chi connectivity index (χ0v) is 19.5. The molecule has 3 saturated carbocycles. The molecule has 36 heavy (non-hydrogen) atoms. The Labute approximate surface area is 204 Å². The molecule has 2 atom stereocenters. The SMILES string of the molecule is O=C(Nc1cc(F)c(OC2CC3CC3C2)c(F)c1)c1nc(N2CC3(CCCC3)C2)oc1CC(F)(F)F. The van der Waals surface area contributed by atoms with Crippen LogP contribution in [0.1, 0.15) is 61.2 Å². The number of carbonyl (C=O) groups is 1. The molecule has 0 bridgehead atoms. The van der Waals surface area contributed by atoms with Crippen molar-refractivity contribution < 1.29 is 35.9 Å². The summed E-state index contributed by atoms with van der Waals surface area (Å²) in [4.78, 5) is 18.6. The first-order valence-corrected chi connectivity index (χ1v) is 12.4. The van der Waals surface area contributed by atoms with Gasteiger partial charge in [0, 0.05) is 36.3 Å². The number of hydrogen-bond acceptors (Lipinski definition) is 5. The van der Waals surface area contributed by atoms with Gasteiger partial charge in [-0.15, -0.1) is 0 Å². The molecule has 1 aromatic heterocycles. The molecule has 1 saturated heterocycles. The summed E-state index contributed by atoms with van der Waals surface area (Å²) < 4.78 is 79.6. The average molecular weight is 511 g/mol. The Balaban J connectivity index is 1.18. The maximum absolute atomic E-state index is 14.6. The van der Waals surface area contributed by atoms with Gasteiger partial charge in [-0.25, -0.2) is 8.78 Å². The third kappa shape index (κ3) is 4.52. The van der Waals surface area contributed by atoms with E-state index in [0.717, 1.165) is 57.1 Å². The van der Waals surface area contributed by atoms with Crippen LogP contribution in [0, 0.1) is 28.9 Å². The summed E-state index contributed by atoms with van der Waals surface area (Å²) in [7, 11) is 0. The quantitative estimate of drug-likeness (QED) is 0.492. The van der Waals surface area contributed by atoms with Gasteiger partial charge in [0.1, 0.15) is 12.2 Å². The lowest BCUT2D eigenvalue weighted by molar-refractivity contribution is -0.130. The lowest BCUT2D eigenvalue weighted by Crippen LogP contribution is -2.55. The third-order valence-electron chi connectivity index (χ3n) is 7.99. The highest BCUT2D eigenvalue weighted by Crippen LogP contribution is 2.53. The normalized spacial score (nSPS) is 26.1. The van der Waals surface area contributed by atoms with Crippen molar-refractivity contribution in [2.45, 2.75) is 63.6 Å². The van der Waals surface area contributed by atoms with Crippen molar-refractivity contribution in [2.75, 3.05) is 23.3 Å². The van der Waals surface area contributed by atoms with Gasteiger partial charge in [0.05, 0.1) is 6.10 Å². The monoisotopic (exact) mass is 511 g/mol. The van der Waals surface area contributed by atoms with Crippen LogP contribution in [0.2, 0.25) is 0 Å². The van der Waals surface area contributed by atoms with Gasteiger partial charge in [0.25, 0.3) is 11.9 Å². The predicted molar refractivity (Wildman–Crippen MR) is 119 cm³/mol. The summed E-state index contributed by atoms with van der Waals surface area (Å²) in [6.45, 7) is 1.22. The van der Waals surface area contributed by atoms with Crippen LogP contribution in [-0.2, 0) is 6.42 Å². The van der Waals surface area contributed by atoms with E-state index >= 15 is 0 Å². The molecule has 3 aliphatic carbocycles. The molecule has 1 aliphatic heterocycles. The van der Waals surface area contributed by atoms with Gasteiger partial charge in [0.15, 0.2) is 23.1 Å². The summed E-state index contributed by atoms with van der Waals surface area (Å²) in [5, 5.41) is 2.26. The number of ether oxygens (including phenoxy) is 1. The third-order valence-corrected chi connectivity index (χ3v) is 7.99. The van der Waals surface area contributed by atoms with Gasteiger partial charge in [0.2, 0.25) is 0 Å². The van der Waals surface area contributed by atoms with Crippen LogP contribution in [-0.4, -0.2) is 36.3 Å². The average Bonchev–Trinajstić information content (AvgIpc) is 3.15. The Bertz CT molecular complexity index is 1150. The van der Waals surface area contributed by atoms with Crippen molar-refractivity contribution in [2.24, 2.45) is 17.3 Å². The molecule has 194 valence electrons. The van der Waals surface area contributed by atoms with Crippen LogP contribution in [0.15, 0.2) is 16.5 Å². The van der Waals surface area contributed by atoms with Crippen LogP contribution in [0.3, 0.4) is 0 Å². The number of rotatable bonds is 6. The molecule has 4 fully saturated rings. The number of aromatic nitrogens is 1. The zero-order chi connectivity index (χ0) is 25.2. The maximum atomic E-state index is 14.6. The van der Waals surface area contributed by atoms with E-state index in [2.05, 4.69) is 10.3 Å². The van der Waals surface area contributed by atoms with Gasteiger partial charge in [-0.1, -0.05) is 12.8 Å². The highest BCUT2D eigenvalue weighted by Gasteiger charge is 2.48. The molecule has 2 aromatic rings. The fraction of sp³-hybridized carbons (Fsp3) is 0.600. The molecule has 1 spiro atoms. The fourth-order valence-corrected chi connectivity index (χ4v) is 6.15. The first kappa shape index (κ1) is 23.5. The summed E-state index contributed by atoms with van der Waals surface area (Å²) in [5.41, 5.74) is -0.673. The molecular weight excluding hydrogens is 485 g/mol. The Morgan fingerprint density at radius 2 is 1.75 bits per heavy atom. The van der Waals surface area contributed by atoms with Crippen molar-refractivity contribution in [3.8, 4) is 5.75 Å². The number of nitrogens with one attached hydrogen (secondary N) is 1. The molecule has 2 heterocycles. The predicted octanol–water partition coefficient (Wildman–Crippen LogP) is 5.87. The standard InChI is InChI=1S/C25H26F5N3O3/c26-17-8-15(9-18(27)21(17)35-16-6-13-5-14(13)7-16)31-22(34)20-19(10-25(28,29)30)36-23(32-20)33-11-24(12-33)3-1-2-4-24/h8-9,13-14,16H,1-7,10-12H2,(H,31,34). The fourth-order valence-electron chi connectivity index (χ4n) is 6.15. The minimum atomic E-state index is -4.63. The van der Waals surface area contributed by atoms with E-state index in [1.165, 1.54) is 0 Å². The number of anilines is 2. The number of halogens is 5. The highest BCUT2D eigenvalue weighted by atomic mass is 19.4. The molecule has 4 aliphatic rings. The molecular formula is C25H26F5N3O3. The van der Waals surface area contributed by atoms with Crippen molar-refractivity contribution in [3.63, 3.8) is 0 Å². The summed E-state index contributed by atoms with van der Waals surface area (Å²) in [6.07, 6.45) is 0.614. The van der Waals surface area contributed by atoms with Crippen LogP contribution in [0.5, 0.6) is 5.75 Å². The van der Waals surface area contributed by atoms with Gasteiger partial charge in [-0.2, -0.15) is 18.2 Å². The number of benzene rings is 1. The van der Waals surface area contributed by atoms with E-state index in [0.29, 0.717) is 24.9 Å². The number of alkyl halides is 3. The molecule has 6 rings (SSSR count). The number of carbonyl (C=O) groups excluding carboxylic acids is 1. The van der Waals surface area contributed by atoms with Gasteiger partial charge in [-0.3, -0.25) is 4.79 Å². The lowest BCUT2D eigenvalue weighted by Gasteiger charge is -2.47. The molecule has 6 nitrogen and oxygen atoms in total. The molecule has 11 heteroatoms. The van der Waals surface area contributed by atoms with Gasteiger partial charge < -0.3 is 19.4 Å². The molecule has 1 amide bonds. The first-order valence-electron chi connectivity index (χ1n) is 12.4. The van der Waals surface area contributed by atoms with Crippen molar-refractivity contribution in [3.05, 3.63) is 35.2 Å². The van der Waals surface area contributed by atoms with Crippen molar-refractivity contribution >= 4 is 17.6 Å². The zero-order valence-electron chi connectivity index (χ0n) is 19.5. The molecule has 1 aromatic carbocycles. The van der Waals surface area contributed by atoms with Crippen LogP contribution in [0.25, 0.3) is 0 Å². The Morgan fingerprint density at radius 1 is 1.11 bits per heavy atom. The molecule has 1 N–H and O–H groups in total. The van der Waals surface area contributed by atoms with Crippen molar-refractivity contribution in [1.82, 2.24) is 4.98 Å². The smallest absolute Gasteiger partial charge is 0.396 e. The second-order valence-corrected chi connectivity index (χ2v) is 10.8. The summed E-state index contributed by atoms with van der Waals surface area (Å²) >= 11 is 0. The van der Waals surface area contributed by atoms with Crippen molar-refractivity contribution in [1.29, 1.82) is 0 Å². The second-order valence-electron chi connectivity index (χ2n) is 10.8. The van der Waals surface area contributed by atoms with E-state index in [1.807, 2.05) is 0 Å². The second kappa shape index (κ2) is 8.34. The van der Waals surface area contributed by atoms with Gasteiger partial charge >= 0.3 is 6.18 Å². The first-order chi connectivity index (χ1) is 17.1. The lowest BCUT2D eigenvalue weighted by atomic mass is 9.79. The summed E-state index contributed by atoms with van der Waals surface area (Å²) in [6, 6.07) is 1.72. The van der Waals surface area contributed by atoms with Gasteiger partial charge in [-0.05, 0) is 43.9 Å².